The van der Waals surface area contributed by atoms with E-state index in [2.05, 4.69) is 26.3 Å². The molecule has 1 aromatic carbocycles. The summed E-state index contributed by atoms with van der Waals surface area (Å²) in [5.74, 6) is 6.49. The third-order valence-corrected chi connectivity index (χ3v) is 3.22. The number of rotatable bonds is 3. The van der Waals surface area contributed by atoms with E-state index in [1.54, 1.807) is 6.20 Å². The van der Waals surface area contributed by atoms with E-state index in [4.69, 9.17) is 5.84 Å². The van der Waals surface area contributed by atoms with Crippen molar-refractivity contribution in [2.75, 3.05) is 0 Å². The largest absolute Gasteiger partial charge is 0.336 e. The van der Waals surface area contributed by atoms with Crippen molar-refractivity contribution in [3.63, 3.8) is 0 Å². The molecule has 5 heteroatoms. The van der Waals surface area contributed by atoms with Crippen LogP contribution in [0, 0.1) is 0 Å². The number of aryl methyl sites for hydroxylation is 1. The van der Waals surface area contributed by atoms with Crippen LogP contribution in [0.1, 0.15) is 17.4 Å². The van der Waals surface area contributed by atoms with Crippen molar-refractivity contribution in [3.05, 3.63) is 52.5 Å². The summed E-state index contributed by atoms with van der Waals surface area (Å²) >= 11 is 3.52. The zero-order chi connectivity index (χ0) is 11.5. The Labute approximate surface area is 103 Å². The second kappa shape index (κ2) is 4.78. The van der Waals surface area contributed by atoms with Gasteiger partial charge in [-0.1, -0.05) is 34.1 Å². The molecule has 2 rings (SSSR count). The molecule has 0 fully saturated rings. The third kappa shape index (κ3) is 2.02. The van der Waals surface area contributed by atoms with E-state index < -0.39 is 0 Å². The molecule has 3 N–H and O–H groups in total. The number of aromatic nitrogens is 2. The van der Waals surface area contributed by atoms with E-state index in [0.29, 0.717) is 0 Å². The molecule has 0 saturated heterocycles. The van der Waals surface area contributed by atoms with Crippen molar-refractivity contribution in [1.29, 1.82) is 0 Å². The quantitative estimate of drug-likeness (QED) is 0.665. The number of nitrogens with two attached hydrogens (primary N) is 1. The molecule has 1 heterocycles. The first-order chi connectivity index (χ1) is 7.74. The number of imidazole rings is 1. The number of halogens is 1. The Kier molecular flexibility index (Phi) is 3.38. The molecule has 4 nitrogen and oxygen atoms in total. The van der Waals surface area contributed by atoms with Crippen molar-refractivity contribution in [1.82, 2.24) is 15.0 Å². The minimum Gasteiger partial charge on any atom is -0.336 e. The predicted octanol–water partition coefficient (Wildman–Crippen LogP) is 1.74. The number of nitrogens with one attached hydrogen (secondary N) is 1. The Bertz CT molecular complexity index is 480. The van der Waals surface area contributed by atoms with Gasteiger partial charge in [-0.05, 0) is 11.6 Å². The summed E-state index contributed by atoms with van der Waals surface area (Å²) in [6.07, 6.45) is 3.66. The molecule has 0 radical (unpaired) electrons. The minimum atomic E-state index is -0.115. The molecule has 1 atom stereocenters. The van der Waals surface area contributed by atoms with E-state index in [9.17, 15) is 0 Å². The number of hydrogen-bond donors (Lipinski definition) is 2. The maximum absolute atomic E-state index is 5.61. The maximum atomic E-state index is 5.61. The van der Waals surface area contributed by atoms with Crippen molar-refractivity contribution in [2.45, 2.75) is 6.04 Å². The van der Waals surface area contributed by atoms with Crippen LogP contribution in [0.4, 0.5) is 0 Å². The first-order valence-corrected chi connectivity index (χ1v) is 5.71. The third-order valence-electron chi connectivity index (χ3n) is 2.50. The highest BCUT2D eigenvalue weighted by molar-refractivity contribution is 9.10. The van der Waals surface area contributed by atoms with Gasteiger partial charge >= 0.3 is 0 Å². The highest BCUT2D eigenvalue weighted by Crippen LogP contribution is 2.26. The molecule has 0 saturated carbocycles. The average molecular weight is 281 g/mol. The zero-order valence-electron chi connectivity index (χ0n) is 8.89. The lowest BCUT2D eigenvalue weighted by Crippen LogP contribution is -2.31. The Morgan fingerprint density at radius 2 is 2.19 bits per heavy atom. The number of hydrazine groups is 1. The van der Waals surface area contributed by atoms with Crippen LogP contribution in [0.15, 0.2) is 41.1 Å². The fraction of sp³-hybridized carbons (Fsp3) is 0.182. The number of benzene rings is 1. The summed E-state index contributed by atoms with van der Waals surface area (Å²) in [4.78, 5) is 4.30. The Balaban J connectivity index is 2.45. The standard InChI is InChI=1S/C11H13BrN4/c1-16-7-6-14-11(16)10(15-13)8-4-2-3-5-9(8)12/h2-7,10,15H,13H2,1H3. The van der Waals surface area contributed by atoms with Gasteiger partial charge in [-0.2, -0.15) is 0 Å². The van der Waals surface area contributed by atoms with E-state index in [-0.39, 0.29) is 6.04 Å². The van der Waals surface area contributed by atoms with Crippen LogP contribution < -0.4 is 11.3 Å². The van der Waals surface area contributed by atoms with Crippen molar-refractivity contribution in [2.24, 2.45) is 12.9 Å². The second-order valence-corrected chi connectivity index (χ2v) is 4.37. The highest BCUT2D eigenvalue weighted by Gasteiger charge is 2.18. The first kappa shape index (κ1) is 11.3. The van der Waals surface area contributed by atoms with Gasteiger partial charge < -0.3 is 4.57 Å². The lowest BCUT2D eigenvalue weighted by molar-refractivity contribution is 0.578. The number of hydrogen-bond acceptors (Lipinski definition) is 3. The molecule has 0 bridgehead atoms. The van der Waals surface area contributed by atoms with Crippen LogP contribution in [0.3, 0.4) is 0 Å². The maximum Gasteiger partial charge on any atom is 0.131 e. The summed E-state index contributed by atoms with van der Waals surface area (Å²) < 4.78 is 2.96. The SMILES string of the molecule is Cn1ccnc1C(NN)c1ccccc1Br. The van der Waals surface area contributed by atoms with E-state index >= 15 is 0 Å². The Hall–Kier alpha value is -1.17. The van der Waals surface area contributed by atoms with Crippen LogP contribution in [0.5, 0.6) is 0 Å². The molecule has 0 aliphatic rings. The van der Waals surface area contributed by atoms with Gasteiger partial charge in [0.1, 0.15) is 11.9 Å². The normalized spacial score (nSPS) is 12.7. The van der Waals surface area contributed by atoms with Gasteiger partial charge in [0.15, 0.2) is 0 Å². The zero-order valence-corrected chi connectivity index (χ0v) is 10.5. The predicted molar refractivity (Wildman–Crippen MR) is 66.5 cm³/mol. The summed E-state index contributed by atoms with van der Waals surface area (Å²) in [5, 5.41) is 0. The molecule has 0 aliphatic heterocycles. The Morgan fingerprint density at radius 3 is 2.75 bits per heavy atom. The van der Waals surface area contributed by atoms with Gasteiger partial charge in [-0.25, -0.2) is 10.4 Å². The van der Waals surface area contributed by atoms with Gasteiger partial charge in [0.2, 0.25) is 0 Å². The molecular formula is C11H13BrN4. The fourth-order valence-corrected chi connectivity index (χ4v) is 2.18. The van der Waals surface area contributed by atoms with Crippen LogP contribution in [-0.2, 0) is 7.05 Å². The summed E-state index contributed by atoms with van der Waals surface area (Å²) in [6.45, 7) is 0. The van der Waals surface area contributed by atoms with Crippen LogP contribution in [0.25, 0.3) is 0 Å². The fourth-order valence-electron chi connectivity index (χ4n) is 1.67. The highest BCUT2D eigenvalue weighted by atomic mass is 79.9. The first-order valence-electron chi connectivity index (χ1n) is 4.92. The van der Waals surface area contributed by atoms with E-state index in [1.807, 2.05) is 42.1 Å². The molecule has 0 spiro atoms. The van der Waals surface area contributed by atoms with Crippen molar-refractivity contribution >= 4 is 15.9 Å². The molecule has 1 aromatic heterocycles. The van der Waals surface area contributed by atoms with Crippen LogP contribution >= 0.6 is 15.9 Å². The summed E-state index contributed by atoms with van der Waals surface area (Å²) in [7, 11) is 1.95. The van der Waals surface area contributed by atoms with E-state index in [0.717, 1.165) is 15.9 Å². The summed E-state index contributed by atoms with van der Waals surface area (Å²) in [6, 6.07) is 7.84. The molecule has 84 valence electrons. The number of nitrogens with zero attached hydrogens (tertiary/aromatic N) is 2. The average Bonchev–Trinajstić information content (AvgIpc) is 2.69. The van der Waals surface area contributed by atoms with Gasteiger partial charge in [0.05, 0.1) is 0 Å². The molecule has 0 amide bonds. The Morgan fingerprint density at radius 1 is 1.44 bits per heavy atom. The van der Waals surface area contributed by atoms with Gasteiger partial charge in [0.25, 0.3) is 0 Å². The minimum absolute atomic E-state index is 0.115. The molecule has 1 unspecified atom stereocenters. The second-order valence-electron chi connectivity index (χ2n) is 3.52. The van der Waals surface area contributed by atoms with E-state index in [1.165, 1.54) is 0 Å². The molecular weight excluding hydrogens is 268 g/mol. The van der Waals surface area contributed by atoms with Crippen LogP contribution in [0.2, 0.25) is 0 Å². The summed E-state index contributed by atoms with van der Waals surface area (Å²) in [5.41, 5.74) is 3.86. The van der Waals surface area contributed by atoms with Crippen molar-refractivity contribution < 1.29 is 0 Å². The lowest BCUT2D eigenvalue weighted by Gasteiger charge is -2.17. The van der Waals surface area contributed by atoms with Crippen molar-refractivity contribution in [3.8, 4) is 0 Å². The molecule has 16 heavy (non-hydrogen) atoms. The van der Waals surface area contributed by atoms with Crippen LogP contribution in [-0.4, -0.2) is 9.55 Å². The lowest BCUT2D eigenvalue weighted by atomic mass is 10.1. The van der Waals surface area contributed by atoms with Gasteiger partial charge in [0, 0.05) is 23.9 Å². The smallest absolute Gasteiger partial charge is 0.131 e. The molecule has 0 aliphatic carbocycles. The topological polar surface area (TPSA) is 55.9 Å². The monoisotopic (exact) mass is 280 g/mol. The molecule has 2 aromatic rings. The van der Waals surface area contributed by atoms with Gasteiger partial charge in [-0.3, -0.25) is 5.84 Å². The van der Waals surface area contributed by atoms with Gasteiger partial charge in [-0.15, -0.1) is 0 Å².